The maximum atomic E-state index is 11.7. The second-order valence-electron chi connectivity index (χ2n) is 13.2. The van der Waals surface area contributed by atoms with Crippen molar-refractivity contribution in [2.45, 2.75) is 111 Å². The van der Waals surface area contributed by atoms with Gasteiger partial charge in [-0.25, -0.2) is 0 Å². The Morgan fingerprint density at radius 1 is 1.15 bits per heavy atom. The molecule has 190 valence electrons. The summed E-state index contributed by atoms with van der Waals surface area (Å²) in [7, 11) is -3.40. The van der Waals surface area contributed by atoms with E-state index in [-0.39, 0.29) is 11.5 Å². The largest absolute Gasteiger partial charge is 0.327 e. The molecule has 2 N–H and O–H groups in total. The fraction of sp³-hybridized carbons (Fsp3) is 0.929. The number of allylic oxidation sites excluding steroid dienone is 1. The van der Waals surface area contributed by atoms with E-state index in [1.165, 1.54) is 50.4 Å². The second-order valence-corrected chi connectivity index (χ2v) is 14.8. The molecule has 4 rings (SSSR count). The Balaban J connectivity index is 1.51. The summed E-state index contributed by atoms with van der Waals surface area (Å²) in [6, 6.07) is 0.333. The number of hydrogen-bond acceptors (Lipinski definition) is 4. The van der Waals surface area contributed by atoms with Crippen LogP contribution in [-0.4, -0.2) is 26.8 Å². The molecule has 5 heteroatoms. The Morgan fingerprint density at radius 2 is 1.88 bits per heavy atom. The lowest BCUT2D eigenvalue weighted by Gasteiger charge is -2.58. The summed E-state index contributed by atoms with van der Waals surface area (Å²) in [6.07, 6.45) is 15.0. The van der Waals surface area contributed by atoms with Gasteiger partial charge in [-0.1, -0.05) is 59.1 Å². The molecule has 4 aliphatic carbocycles. The summed E-state index contributed by atoms with van der Waals surface area (Å²) < 4.78 is 28.8. The van der Waals surface area contributed by atoms with Gasteiger partial charge in [-0.05, 0) is 97.7 Å². The first-order valence-corrected chi connectivity index (χ1v) is 15.5. The summed E-state index contributed by atoms with van der Waals surface area (Å²) in [6.45, 7) is 12.2. The minimum absolute atomic E-state index is 0.176. The number of hydrogen-bond donors (Lipinski definition) is 1. The maximum absolute atomic E-state index is 11.7. The van der Waals surface area contributed by atoms with Gasteiger partial charge >= 0.3 is 0 Å². The Labute approximate surface area is 203 Å². The van der Waals surface area contributed by atoms with E-state index in [0.717, 1.165) is 49.4 Å². The van der Waals surface area contributed by atoms with Crippen LogP contribution < -0.4 is 5.73 Å². The van der Waals surface area contributed by atoms with Crippen molar-refractivity contribution in [1.29, 1.82) is 0 Å². The van der Waals surface area contributed by atoms with E-state index in [2.05, 4.69) is 40.7 Å². The van der Waals surface area contributed by atoms with Gasteiger partial charge in [0.05, 0.1) is 12.4 Å². The van der Waals surface area contributed by atoms with Crippen LogP contribution in [0, 0.1) is 46.3 Å². The SMILES string of the molecule is CC(C)CCC[C@@H](N)C1[C@@H](C)CC2C3CC=C4CC(OS(C)(=O)=O)CCC4(C)C3CCC21C. The lowest BCUT2D eigenvalue weighted by Crippen LogP contribution is -2.52. The van der Waals surface area contributed by atoms with Crippen molar-refractivity contribution in [3.8, 4) is 0 Å². The van der Waals surface area contributed by atoms with Gasteiger partial charge in [0.25, 0.3) is 10.1 Å². The normalized spacial score (nSPS) is 44.1. The van der Waals surface area contributed by atoms with Crippen LogP contribution >= 0.6 is 0 Å². The second kappa shape index (κ2) is 9.24. The third-order valence-electron chi connectivity index (χ3n) is 10.6. The molecule has 0 aromatic heterocycles. The molecule has 7 unspecified atom stereocenters. The number of rotatable bonds is 7. The monoisotopic (exact) mass is 479 g/mol. The zero-order valence-corrected chi connectivity index (χ0v) is 22.8. The molecule has 0 amide bonds. The van der Waals surface area contributed by atoms with Gasteiger partial charge in [-0.3, -0.25) is 4.18 Å². The van der Waals surface area contributed by atoms with E-state index in [4.69, 9.17) is 9.92 Å². The van der Waals surface area contributed by atoms with Crippen molar-refractivity contribution in [3.63, 3.8) is 0 Å². The zero-order valence-electron chi connectivity index (χ0n) is 22.0. The lowest BCUT2D eigenvalue weighted by atomic mass is 9.47. The molecule has 0 saturated heterocycles. The Morgan fingerprint density at radius 3 is 2.55 bits per heavy atom. The van der Waals surface area contributed by atoms with Gasteiger partial charge in [-0.2, -0.15) is 8.42 Å². The average Bonchev–Trinajstić information content (AvgIpc) is 2.97. The summed E-state index contributed by atoms with van der Waals surface area (Å²) >= 11 is 0. The third-order valence-corrected chi connectivity index (χ3v) is 11.2. The van der Waals surface area contributed by atoms with E-state index in [0.29, 0.717) is 23.3 Å². The maximum Gasteiger partial charge on any atom is 0.264 e. The molecule has 4 nitrogen and oxygen atoms in total. The Hall–Kier alpha value is -0.390. The van der Waals surface area contributed by atoms with Crippen LogP contribution in [0.15, 0.2) is 11.6 Å². The molecule has 3 saturated carbocycles. The van der Waals surface area contributed by atoms with Gasteiger partial charge in [0.1, 0.15) is 0 Å². The van der Waals surface area contributed by atoms with Crippen LogP contribution in [0.4, 0.5) is 0 Å². The lowest BCUT2D eigenvalue weighted by molar-refractivity contribution is -0.0522. The van der Waals surface area contributed by atoms with Crippen LogP contribution in [0.25, 0.3) is 0 Å². The summed E-state index contributed by atoms with van der Waals surface area (Å²) in [4.78, 5) is 0. The zero-order chi connectivity index (χ0) is 24.2. The molecule has 0 aromatic carbocycles. The van der Waals surface area contributed by atoms with E-state index in [1.54, 1.807) is 0 Å². The Kier molecular flexibility index (Phi) is 7.20. The third kappa shape index (κ3) is 4.85. The van der Waals surface area contributed by atoms with Gasteiger partial charge in [-0.15, -0.1) is 0 Å². The topological polar surface area (TPSA) is 69.4 Å². The van der Waals surface area contributed by atoms with Crippen molar-refractivity contribution in [3.05, 3.63) is 11.6 Å². The predicted molar refractivity (Wildman–Crippen MR) is 136 cm³/mol. The first-order valence-electron chi connectivity index (χ1n) is 13.7. The molecule has 0 aromatic rings. The van der Waals surface area contributed by atoms with E-state index in [1.807, 2.05) is 0 Å². The predicted octanol–water partition coefficient (Wildman–Crippen LogP) is 6.31. The fourth-order valence-corrected chi connectivity index (χ4v) is 9.87. The fourth-order valence-electron chi connectivity index (χ4n) is 9.21. The van der Waals surface area contributed by atoms with Gasteiger partial charge in [0.2, 0.25) is 0 Å². The Bertz CT molecular complexity index is 851. The highest BCUT2D eigenvalue weighted by molar-refractivity contribution is 7.86. The molecule has 4 aliphatic rings. The van der Waals surface area contributed by atoms with Gasteiger partial charge in [0, 0.05) is 6.04 Å². The van der Waals surface area contributed by atoms with Crippen LogP contribution in [0.1, 0.15) is 98.8 Å². The minimum atomic E-state index is -3.40. The summed E-state index contributed by atoms with van der Waals surface area (Å²) in [5.41, 5.74) is 8.99. The molecule has 0 heterocycles. The summed E-state index contributed by atoms with van der Waals surface area (Å²) in [5, 5.41) is 0. The molecule has 9 atom stereocenters. The van der Waals surface area contributed by atoms with E-state index < -0.39 is 10.1 Å². The minimum Gasteiger partial charge on any atom is -0.327 e. The van der Waals surface area contributed by atoms with E-state index in [9.17, 15) is 8.42 Å². The number of fused-ring (bicyclic) bond motifs is 5. The van der Waals surface area contributed by atoms with Crippen LogP contribution in [0.5, 0.6) is 0 Å². The van der Waals surface area contributed by atoms with Crippen molar-refractivity contribution >= 4 is 10.1 Å². The van der Waals surface area contributed by atoms with Gasteiger partial charge < -0.3 is 5.73 Å². The van der Waals surface area contributed by atoms with Crippen LogP contribution in [0.3, 0.4) is 0 Å². The summed E-state index contributed by atoms with van der Waals surface area (Å²) in [5.74, 6) is 4.36. The van der Waals surface area contributed by atoms with Gasteiger partial charge in [0.15, 0.2) is 0 Å². The highest BCUT2D eigenvalue weighted by Crippen LogP contribution is 2.67. The molecule has 33 heavy (non-hydrogen) atoms. The van der Waals surface area contributed by atoms with Crippen molar-refractivity contribution in [2.75, 3.05) is 6.26 Å². The molecular formula is C28H49NO3S. The molecule has 0 bridgehead atoms. The highest BCUT2D eigenvalue weighted by Gasteiger charge is 2.61. The molecule has 0 radical (unpaired) electrons. The standard InChI is InChI=1S/C28H49NO3S/c1-18(2)8-7-9-25(29)26-19(3)16-24-22-11-10-20-17-21(32-33(6,30)31)12-14-27(20,4)23(22)13-15-28(24,26)5/h10,18-19,21-26H,7-9,11-17,29H2,1-6H3/t19-,21?,22?,23?,24?,25+,26?,27?,28?/m0/s1. The first-order chi connectivity index (χ1) is 15.3. The quantitative estimate of drug-likeness (QED) is 0.343. The van der Waals surface area contributed by atoms with Crippen molar-refractivity contribution in [2.24, 2.45) is 52.1 Å². The van der Waals surface area contributed by atoms with Crippen LogP contribution in [-0.2, 0) is 14.3 Å². The highest BCUT2D eigenvalue weighted by atomic mass is 32.2. The molecule has 0 aliphatic heterocycles. The smallest absolute Gasteiger partial charge is 0.264 e. The average molecular weight is 480 g/mol. The van der Waals surface area contributed by atoms with Crippen molar-refractivity contribution in [1.82, 2.24) is 0 Å². The molecule has 0 spiro atoms. The number of nitrogens with two attached hydrogens (primary N) is 1. The van der Waals surface area contributed by atoms with Crippen LogP contribution in [0.2, 0.25) is 0 Å². The first kappa shape index (κ1) is 25.7. The molecule has 3 fully saturated rings. The van der Waals surface area contributed by atoms with E-state index >= 15 is 0 Å². The van der Waals surface area contributed by atoms with Crippen molar-refractivity contribution < 1.29 is 12.6 Å². The molecular weight excluding hydrogens is 430 g/mol.